The summed E-state index contributed by atoms with van der Waals surface area (Å²) in [4.78, 5) is 23.0. The lowest BCUT2D eigenvalue weighted by Crippen LogP contribution is -2.42. The molecule has 0 fully saturated rings. The molecule has 1 unspecified atom stereocenters. The molecule has 1 atom stereocenters. The molecule has 0 spiro atoms. The van der Waals surface area contributed by atoms with Crippen LogP contribution >= 0.6 is 11.8 Å². The van der Waals surface area contributed by atoms with Gasteiger partial charge in [-0.25, -0.2) is 0 Å². The maximum absolute atomic E-state index is 11.6. The van der Waals surface area contributed by atoms with Crippen molar-refractivity contribution in [3.8, 4) is 0 Å². The average molecular weight is 283 g/mol. The molecular weight excluding hydrogens is 266 g/mol. The van der Waals surface area contributed by atoms with Crippen molar-refractivity contribution in [2.75, 3.05) is 12.3 Å². The highest BCUT2D eigenvalue weighted by molar-refractivity contribution is 8.00. The monoisotopic (exact) mass is 283 g/mol. The van der Waals surface area contributed by atoms with Crippen molar-refractivity contribution in [3.05, 3.63) is 30.3 Å². The number of carbonyl (C=O) groups is 2. The number of amides is 1. The molecule has 0 aliphatic carbocycles. The quantitative estimate of drug-likeness (QED) is 0.653. The lowest BCUT2D eigenvalue weighted by Gasteiger charge is -2.21. The Bertz CT molecular complexity index is 434. The molecule has 0 aliphatic rings. The number of benzene rings is 1. The molecule has 6 heteroatoms. The highest BCUT2D eigenvalue weighted by Crippen LogP contribution is 2.16. The van der Waals surface area contributed by atoms with Crippen LogP contribution in [-0.4, -0.2) is 40.0 Å². The Morgan fingerprint density at radius 2 is 1.95 bits per heavy atom. The smallest absolute Gasteiger partial charge is 0.306 e. The lowest BCUT2D eigenvalue weighted by atomic mass is 10.0. The van der Waals surface area contributed by atoms with Crippen LogP contribution in [0.1, 0.15) is 13.3 Å². The second kappa shape index (κ2) is 7.16. The maximum Gasteiger partial charge on any atom is 0.306 e. The summed E-state index contributed by atoms with van der Waals surface area (Å²) in [6.07, 6.45) is -0.404. The van der Waals surface area contributed by atoms with Gasteiger partial charge in [-0.05, 0) is 19.1 Å². The van der Waals surface area contributed by atoms with E-state index in [1.807, 2.05) is 30.3 Å². The Morgan fingerprint density at radius 3 is 2.53 bits per heavy atom. The second-order valence-corrected chi connectivity index (χ2v) is 5.49. The van der Waals surface area contributed by atoms with Crippen LogP contribution in [0.3, 0.4) is 0 Å². The molecular formula is C13H17NO4S. The number of carbonyl (C=O) groups excluding carboxylic acids is 1. The SMILES string of the molecule is CC(O)(CNC(=O)CSc1ccccc1)CC(=O)O. The van der Waals surface area contributed by atoms with Crippen LogP contribution in [0.4, 0.5) is 0 Å². The summed E-state index contributed by atoms with van der Waals surface area (Å²) in [7, 11) is 0. The number of carboxylic acid groups (broad SMARTS) is 1. The van der Waals surface area contributed by atoms with Crippen molar-refractivity contribution < 1.29 is 19.8 Å². The summed E-state index contributed by atoms with van der Waals surface area (Å²) < 4.78 is 0. The van der Waals surface area contributed by atoms with Crippen LogP contribution in [0, 0.1) is 0 Å². The molecule has 0 saturated heterocycles. The van der Waals surface area contributed by atoms with Gasteiger partial charge in [0.15, 0.2) is 0 Å². The molecule has 0 bridgehead atoms. The summed E-state index contributed by atoms with van der Waals surface area (Å²) in [6.45, 7) is 1.30. The van der Waals surface area contributed by atoms with Crippen LogP contribution in [-0.2, 0) is 9.59 Å². The first-order chi connectivity index (χ1) is 8.89. The molecule has 0 saturated carbocycles. The summed E-state index contributed by atoms with van der Waals surface area (Å²) in [5, 5.41) is 20.8. The van der Waals surface area contributed by atoms with Crippen molar-refractivity contribution in [1.29, 1.82) is 0 Å². The molecule has 1 aromatic rings. The van der Waals surface area contributed by atoms with Gasteiger partial charge in [-0.3, -0.25) is 9.59 Å². The van der Waals surface area contributed by atoms with Gasteiger partial charge >= 0.3 is 5.97 Å². The standard InChI is InChI=1S/C13H17NO4S/c1-13(18,7-12(16)17)9-14-11(15)8-19-10-5-3-2-4-6-10/h2-6,18H,7-9H2,1H3,(H,14,15)(H,16,17). The van der Waals surface area contributed by atoms with Gasteiger partial charge in [-0.1, -0.05) is 18.2 Å². The molecule has 0 aromatic heterocycles. The van der Waals surface area contributed by atoms with E-state index in [1.54, 1.807) is 0 Å². The molecule has 0 aliphatic heterocycles. The zero-order valence-corrected chi connectivity index (χ0v) is 11.4. The van der Waals surface area contributed by atoms with Crippen molar-refractivity contribution in [3.63, 3.8) is 0 Å². The van der Waals surface area contributed by atoms with Crippen molar-refractivity contribution >= 4 is 23.6 Å². The first kappa shape index (κ1) is 15.5. The van der Waals surface area contributed by atoms with Gasteiger partial charge in [-0.2, -0.15) is 0 Å². The third-order valence-corrected chi connectivity index (χ3v) is 3.32. The largest absolute Gasteiger partial charge is 0.481 e. The Balaban J connectivity index is 2.30. The van der Waals surface area contributed by atoms with E-state index in [2.05, 4.69) is 5.32 Å². The number of thioether (sulfide) groups is 1. The molecule has 5 nitrogen and oxygen atoms in total. The fourth-order valence-electron chi connectivity index (χ4n) is 1.39. The molecule has 104 valence electrons. The van der Waals surface area contributed by atoms with E-state index in [0.717, 1.165) is 4.90 Å². The molecule has 1 rings (SSSR count). The number of carboxylic acids is 1. The van der Waals surface area contributed by atoms with E-state index < -0.39 is 18.0 Å². The number of aliphatic carboxylic acids is 1. The topological polar surface area (TPSA) is 86.6 Å². The van der Waals surface area contributed by atoms with E-state index in [1.165, 1.54) is 18.7 Å². The highest BCUT2D eigenvalue weighted by atomic mass is 32.2. The predicted molar refractivity (Wildman–Crippen MR) is 73.1 cm³/mol. The van der Waals surface area contributed by atoms with Crippen molar-refractivity contribution in [2.45, 2.75) is 23.8 Å². The zero-order chi connectivity index (χ0) is 14.3. The van der Waals surface area contributed by atoms with Gasteiger partial charge in [0, 0.05) is 11.4 Å². The maximum atomic E-state index is 11.6. The lowest BCUT2D eigenvalue weighted by molar-refractivity contribution is -0.142. The first-order valence-electron chi connectivity index (χ1n) is 5.78. The minimum Gasteiger partial charge on any atom is -0.481 e. The third kappa shape index (κ3) is 6.83. The van der Waals surface area contributed by atoms with Crippen LogP contribution < -0.4 is 5.32 Å². The van der Waals surface area contributed by atoms with E-state index in [-0.39, 0.29) is 18.2 Å². The van der Waals surface area contributed by atoms with E-state index in [9.17, 15) is 14.7 Å². The first-order valence-corrected chi connectivity index (χ1v) is 6.76. The number of nitrogens with one attached hydrogen (secondary N) is 1. The summed E-state index contributed by atoms with van der Waals surface area (Å²) in [5.74, 6) is -1.11. The predicted octanol–water partition coefficient (Wildman–Crippen LogP) is 1.12. The molecule has 1 aromatic carbocycles. The van der Waals surface area contributed by atoms with Crippen LogP contribution in [0.2, 0.25) is 0 Å². The third-order valence-electron chi connectivity index (χ3n) is 2.31. The van der Waals surface area contributed by atoms with Gasteiger partial charge in [0.05, 0.1) is 17.8 Å². The second-order valence-electron chi connectivity index (χ2n) is 4.45. The Morgan fingerprint density at radius 1 is 1.32 bits per heavy atom. The molecule has 19 heavy (non-hydrogen) atoms. The Hall–Kier alpha value is -1.53. The van der Waals surface area contributed by atoms with Crippen molar-refractivity contribution in [2.24, 2.45) is 0 Å². The van der Waals surface area contributed by atoms with Crippen LogP contribution in [0.5, 0.6) is 0 Å². The number of hydrogen-bond donors (Lipinski definition) is 3. The molecule has 0 radical (unpaired) electrons. The highest BCUT2D eigenvalue weighted by Gasteiger charge is 2.24. The van der Waals surface area contributed by atoms with Gasteiger partial charge in [-0.15, -0.1) is 11.8 Å². The molecule has 0 heterocycles. The number of aliphatic hydroxyl groups is 1. The number of rotatable bonds is 7. The summed E-state index contributed by atoms with van der Waals surface area (Å²) in [5.41, 5.74) is -1.43. The van der Waals surface area contributed by atoms with Gasteiger partial charge in [0.25, 0.3) is 0 Å². The minimum atomic E-state index is -1.43. The van der Waals surface area contributed by atoms with Crippen LogP contribution in [0.25, 0.3) is 0 Å². The van der Waals surface area contributed by atoms with Crippen molar-refractivity contribution in [1.82, 2.24) is 5.32 Å². The normalized spacial score (nSPS) is 13.6. The van der Waals surface area contributed by atoms with Crippen LogP contribution in [0.15, 0.2) is 35.2 Å². The zero-order valence-electron chi connectivity index (χ0n) is 10.6. The minimum absolute atomic E-state index is 0.0759. The number of hydrogen-bond acceptors (Lipinski definition) is 4. The van der Waals surface area contributed by atoms with E-state index in [0.29, 0.717) is 0 Å². The summed E-state index contributed by atoms with van der Waals surface area (Å²) >= 11 is 1.38. The van der Waals surface area contributed by atoms with E-state index in [4.69, 9.17) is 5.11 Å². The van der Waals surface area contributed by atoms with Gasteiger partial charge in [0.1, 0.15) is 0 Å². The molecule has 3 N–H and O–H groups in total. The Kier molecular flexibility index (Phi) is 5.85. The average Bonchev–Trinajstić information content (AvgIpc) is 2.34. The summed E-state index contributed by atoms with van der Waals surface area (Å²) in [6, 6.07) is 9.47. The molecule has 1 amide bonds. The van der Waals surface area contributed by atoms with E-state index >= 15 is 0 Å². The van der Waals surface area contributed by atoms with Gasteiger partial charge in [0.2, 0.25) is 5.91 Å². The van der Waals surface area contributed by atoms with Gasteiger partial charge < -0.3 is 15.5 Å². The Labute approximate surface area is 116 Å². The fourth-order valence-corrected chi connectivity index (χ4v) is 2.14. The fraction of sp³-hybridized carbons (Fsp3) is 0.385.